The van der Waals surface area contributed by atoms with E-state index in [0.717, 1.165) is 12.0 Å². The van der Waals surface area contributed by atoms with Crippen LogP contribution in [0.5, 0.6) is 5.75 Å². The summed E-state index contributed by atoms with van der Waals surface area (Å²) in [6.45, 7) is 4.50. The summed E-state index contributed by atoms with van der Waals surface area (Å²) in [4.78, 5) is 25.7. The number of amides is 1. The van der Waals surface area contributed by atoms with Crippen molar-refractivity contribution >= 4 is 11.7 Å². The minimum Gasteiger partial charge on any atom is -0.484 e. The van der Waals surface area contributed by atoms with Gasteiger partial charge in [0.1, 0.15) is 5.75 Å². The number of nitriles is 1. The maximum absolute atomic E-state index is 12.5. The molecule has 0 radical (unpaired) electrons. The highest BCUT2D eigenvalue weighted by atomic mass is 16.5. The lowest BCUT2D eigenvalue weighted by Crippen LogP contribution is -2.35. The molecule has 2 rings (SSSR count). The third-order valence-corrected chi connectivity index (χ3v) is 3.91. The Morgan fingerprint density at radius 2 is 1.88 bits per heavy atom. The molecule has 0 aliphatic heterocycles. The highest BCUT2D eigenvalue weighted by Crippen LogP contribution is 2.14. The Bertz CT molecular complexity index is 807. The highest BCUT2D eigenvalue weighted by molar-refractivity contribution is 5.94. The largest absolute Gasteiger partial charge is 0.484 e. The summed E-state index contributed by atoms with van der Waals surface area (Å²) in [5.74, 6) is 0.334. The first kappa shape index (κ1) is 19.2. The van der Waals surface area contributed by atoms with Gasteiger partial charge in [-0.25, -0.2) is 0 Å². The van der Waals surface area contributed by atoms with Crippen LogP contribution in [0.1, 0.15) is 41.8 Å². The van der Waals surface area contributed by atoms with E-state index in [1.807, 2.05) is 19.1 Å². The van der Waals surface area contributed by atoms with Crippen LogP contribution >= 0.6 is 0 Å². The molecule has 0 aliphatic carbocycles. The summed E-state index contributed by atoms with van der Waals surface area (Å²) < 4.78 is 5.57. The second-order valence-electron chi connectivity index (χ2n) is 6.00. The predicted molar refractivity (Wildman–Crippen MR) is 98.8 cm³/mol. The van der Waals surface area contributed by atoms with Crippen LogP contribution in [-0.4, -0.2) is 29.7 Å². The standard InChI is InChI=1S/C21H22N2O3/c1-3-11-23(14-18-9-7-17(13-22)8-10-18)21(25)15-26-20-6-4-5-19(12-20)16(2)24/h4-10,12H,3,11,14-15H2,1-2H3. The average Bonchev–Trinajstić information content (AvgIpc) is 2.66. The SMILES string of the molecule is CCCN(Cc1ccc(C#N)cc1)C(=O)COc1cccc(C(C)=O)c1. The van der Waals surface area contributed by atoms with Gasteiger partial charge in [0, 0.05) is 18.7 Å². The number of nitrogens with zero attached hydrogens (tertiary/aromatic N) is 2. The second-order valence-corrected chi connectivity index (χ2v) is 6.00. The van der Waals surface area contributed by atoms with E-state index in [2.05, 4.69) is 6.07 Å². The molecule has 26 heavy (non-hydrogen) atoms. The number of ether oxygens (including phenoxy) is 1. The molecule has 5 heteroatoms. The number of rotatable bonds is 8. The number of hydrogen-bond acceptors (Lipinski definition) is 4. The Kier molecular flexibility index (Phi) is 6.92. The van der Waals surface area contributed by atoms with Gasteiger partial charge < -0.3 is 9.64 Å². The normalized spacial score (nSPS) is 10.0. The van der Waals surface area contributed by atoms with Gasteiger partial charge in [-0.15, -0.1) is 0 Å². The van der Waals surface area contributed by atoms with Crippen LogP contribution in [0.3, 0.4) is 0 Å². The molecule has 0 aliphatic rings. The molecule has 0 fully saturated rings. The number of carbonyl (C=O) groups is 2. The Labute approximate surface area is 153 Å². The van der Waals surface area contributed by atoms with Crippen molar-refractivity contribution in [2.75, 3.05) is 13.2 Å². The fraction of sp³-hybridized carbons (Fsp3) is 0.286. The summed E-state index contributed by atoms with van der Waals surface area (Å²) in [6.07, 6.45) is 0.835. The summed E-state index contributed by atoms with van der Waals surface area (Å²) in [5, 5.41) is 8.86. The molecule has 0 N–H and O–H groups in total. The van der Waals surface area contributed by atoms with Crippen LogP contribution in [0.4, 0.5) is 0 Å². The monoisotopic (exact) mass is 350 g/mol. The molecule has 0 unspecified atom stereocenters. The highest BCUT2D eigenvalue weighted by Gasteiger charge is 2.14. The van der Waals surface area contributed by atoms with Gasteiger partial charge in [0.05, 0.1) is 11.6 Å². The quantitative estimate of drug-likeness (QED) is 0.682. The van der Waals surface area contributed by atoms with Crippen molar-refractivity contribution in [1.82, 2.24) is 4.90 Å². The topological polar surface area (TPSA) is 70.4 Å². The van der Waals surface area contributed by atoms with E-state index in [1.165, 1.54) is 6.92 Å². The molecule has 0 aromatic heterocycles. The first-order valence-electron chi connectivity index (χ1n) is 8.54. The van der Waals surface area contributed by atoms with Crippen LogP contribution in [-0.2, 0) is 11.3 Å². The first-order valence-corrected chi connectivity index (χ1v) is 8.54. The molecule has 0 spiro atoms. The molecule has 1 amide bonds. The molecule has 0 saturated carbocycles. The molecule has 0 saturated heterocycles. The van der Waals surface area contributed by atoms with Gasteiger partial charge in [0.25, 0.3) is 5.91 Å². The van der Waals surface area contributed by atoms with Crippen LogP contribution in [0, 0.1) is 11.3 Å². The van der Waals surface area contributed by atoms with Crippen LogP contribution in [0.15, 0.2) is 48.5 Å². The molecular weight excluding hydrogens is 328 g/mol. The van der Waals surface area contributed by atoms with E-state index in [4.69, 9.17) is 10.00 Å². The number of ketones is 1. The van der Waals surface area contributed by atoms with Crippen LogP contribution in [0.2, 0.25) is 0 Å². The van der Waals surface area contributed by atoms with Gasteiger partial charge in [-0.2, -0.15) is 5.26 Å². The molecule has 0 heterocycles. The molecule has 5 nitrogen and oxygen atoms in total. The van der Waals surface area contributed by atoms with Crippen LogP contribution < -0.4 is 4.74 Å². The minimum atomic E-state index is -0.121. The van der Waals surface area contributed by atoms with Crippen molar-refractivity contribution in [3.63, 3.8) is 0 Å². The third-order valence-electron chi connectivity index (χ3n) is 3.91. The number of carbonyl (C=O) groups excluding carboxylic acids is 2. The number of hydrogen-bond donors (Lipinski definition) is 0. The molecular formula is C21H22N2O3. The maximum atomic E-state index is 12.5. The van der Waals surface area contributed by atoms with Gasteiger partial charge in [-0.05, 0) is 43.2 Å². The summed E-state index contributed by atoms with van der Waals surface area (Å²) >= 11 is 0. The number of benzene rings is 2. The summed E-state index contributed by atoms with van der Waals surface area (Å²) in [7, 11) is 0. The Balaban J connectivity index is 2.00. The number of Topliss-reactive ketones (excluding diaryl/α,β-unsaturated/α-hetero) is 1. The van der Waals surface area contributed by atoms with Gasteiger partial charge in [-0.3, -0.25) is 9.59 Å². The van der Waals surface area contributed by atoms with Crippen molar-refractivity contribution in [2.45, 2.75) is 26.8 Å². The van der Waals surface area contributed by atoms with E-state index >= 15 is 0 Å². The van der Waals surface area contributed by atoms with Gasteiger partial charge in [-0.1, -0.05) is 31.2 Å². The smallest absolute Gasteiger partial charge is 0.260 e. The Morgan fingerprint density at radius 1 is 1.15 bits per heavy atom. The van der Waals surface area contributed by atoms with E-state index in [0.29, 0.717) is 30.0 Å². The fourth-order valence-electron chi connectivity index (χ4n) is 2.51. The minimum absolute atomic E-state index is 0.0461. The van der Waals surface area contributed by atoms with Gasteiger partial charge in [0.15, 0.2) is 12.4 Å². The van der Waals surface area contributed by atoms with Crippen molar-refractivity contribution in [3.05, 3.63) is 65.2 Å². The zero-order valence-electron chi connectivity index (χ0n) is 15.1. The van der Waals surface area contributed by atoms with Crippen LogP contribution in [0.25, 0.3) is 0 Å². The Morgan fingerprint density at radius 3 is 2.50 bits per heavy atom. The van der Waals surface area contributed by atoms with Crippen molar-refractivity contribution in [3.8, 4) is 11.8 Å². The predicted octanol–water partition coefficient (Wildman–Crippen LogP) is 3.58. The third kappa shape index (κ3) is 5.45. The van der Waals surface area contributed by atoms with Crippen molar-refractivity contribution < 1.29 is 14.3 Å². The van der Waals surface area contributed by atoms with Gasteiger partial charge in [0.2, 0.25) is 0 Å². The maximum Gasteiger partial charge on any atom is 0.260 e. The molecule has 134 valence electrons. The Hall–Kier alpha value is -3.13. The summed E-state index contributed by atoms with van der Waals surface area (Å²) in [6, 6.07) is 16.1. The van der Waals surface area contributed by atoms with Crippen molar-refractivity contribution in [1.29, 1.82) is 5.26 Å². The summed E-state index contributed by atoms with van der Waals surface area (Å²) in [5.41, 5.74) is 2.11. The fourth-order valence-corrected chi connectivity index (χ4v) is 2.51. The molecule has 2 aromatic carbocycles. The van der Waals surface area contributed by atoms with E-state index in [-0.39, 0.29) is 18.3 Å². The van der Waals surface area contributed by atoms with E-state index in [9.17, 15) is 9.59 Å². The van der Waals surface area contributed by atoms with Gasteiger partial charge >= 0.3 is 0 Å². The molecule has 2 aromatic rings. The zero-order chi connectivity index (χ0) is 18.9. The lowest BCUT2D eigenvalue weighted by atomic mass is 10.1. The van der Waals surface area contributed by atoms with E-state index < -0.39 is 0 Å². The van der Waals surface area contributed by atoms with Crippen molar-refractivity contribution in [2.24, 2.45) is 0 Å². The average molecular weight is 350 g/mol. The molecule has 0 atom stereocenters. The first-order chi connectivity index (χ1) is 12.5. The second kappa shape index (κ2) is 9.38. The lowest BCUT2D eigenvalue weighted by Gasteiger charge is -2.22. The van der Waals surface area contributed by atoms with E-state index in [1.54, 1.807) is 41.3 Å². The zero-order valence-corrected chi connectivity index (χ0v) is 15.1. The lowest BCUT2D eigenvalue weighted by molar-refractivity contribution is -0.134. The molecule has 0 bridgehead atoms.